The fraction of sp³-hybridized carbons (Fsp3) is 0.565. The Morgan fingerprint density at radius 2 is 1.75 bits per heavy atom. The number of nitrogens with zero attached hydrogens (tertiary/aromatic N) is 4. The van der Waals surface area contributed by atoms with Gasteiger partial charge in [-0.15, -0.1) is 0 Å². The number of likely N-dealkylation sites (tertiary alicyclic amines) is 1. The molecule has 1 aliphatic heterocycles. The molecule has 1 saturated carbocycles. The monoisotopic (exact) mass is 441 g/mol. The maximum atomic E-state index is 12.7. The molecule has 172 valence electrons. The van der Waals surface area contributed by atoms with Crippen LogP contribution in [0.3, 0.4) is 0 Å². The normalized spacial score (nSPS) is 18.1. The van der Waals surface area contributed by atoms with Crippen LogP contribution in [0.2, 0.25) is 0 Å². The number of anilines is 1. The van der Waals surface area contributed by atoms with Gasteiger partial charge in [0.25, 0.3) is 0 Å². The van der Waals surface area contributed by atoms with Crippen LogP contribution in [0.15, 0.2) is 29.1 Å². The molecular formula is C23H31N5O4. The van der Waals surface area contributed by atoms with Crippen molar-refractivity contribution >= 4 is 17.6 Å². The summed E-state index contributed by atoms with van der Waals surface area (Å²) in [5.74, 6) is 0.667. The number of benzene rings is 1. The van der Waals surface area contributed by atoms with E-state index >= 15 is 0 Å². The molecule has 1 aromatic carbocycles. The minimum atomic E-state index is -0.406. The van der Waals surface area contributed by atoms with Crippen LogP contribution in [-0.4, -0.2) is 57.9 Å². The Morgan fingerprint density at radius 3 is 2.38 bits per heavy atom. The first-order valence-electron chi connectivity index (χ1n) is 11.3. The molecule has 2 heterocycles. The highest BCUT2D eigenvalue weighted by molar-refractivity contribution is 5.93. The molecule has 2 aliphatic rings. The van der Waals surface area contributed by atoms with E-state index in [1.807, 2.05) is 4.57 Å². The van der Waals surface area contributed by atoms with Crippen LogP contribution < -0.4 is 11.0 Å². The number of carbonyl (C=O) groups excluding carboxylic acids is 2. The lowest BCUT2D eigenvalue weighted by molar-refractivity contribution is -0.117. The maximum Gasteiger partial charge on any atom is 0.345 e. The van der Waals surface area contributed by atoms with Gasteiger partial charge in [-0.3, -0.25) is 14.3 Å². The lowest BCUT2D eigenvalue weighted by Gasteiger charge is -2.31. The molecule has 4 rings (SSSR count). The molecule has 1 aromatic heterocycles. The summed E-state index contributed by atoms with van der Waals surface area (Å²) in [5, 5.41) is 7.46. The predicted molar refractivity (Wildman–Crippen MR) is 120 cm³/mol. The topological polar surface area (TPSA) is 98.5 Å². The van der Waals surface area contributed by atoms with Crippen LogP contribution in [-0.2, 0) is 16.6 Å². The number of ether oxygens (including phenoxy) is 1. The highest BCUT2D eigenvalue weighted by Gasteiger charge is 2.30. The van der Waals surface area contributed by atoms with Crippen LogP contribution in [0.4, 0.5) is 5.69 Å². The van der Waals surface area contributed by atoms with Crippen molar-refractivity contribution in [1.29, 1.82) is 0 Å². The smallest absolute Gasteiger partial charge is 0.345 e. The zero-order valence-corrected chi connectivity index (χ0v) is 18.7. The van der Waals surface area contributed by atoms with Crippen molar-refractivity contribution in [2.75, 3.05) is 32.1 Å². The number of esters is 1. The zero-order chi connectivity index (χ0) is 22.7. The third kappa shape index (κ3) is 4.77. The molecule has 9 nitrogen and oxygen atoms in total. The largest absolute Gasteiger partial charge is 0.465 e. The number of piperidine rings is 1. The van der Waals surface area contributed by atoms with Gasteiger partial charge in [-0.1, -0.05) is 12.8 Å². The fourth-order valence-corrected chi connectivity index (χ4v) is 4.84. The van der Waals surface area contributed by atoms with E-state index in [0.29, 0.717) is 17.8 Å². The van der Waals surface area contributed by atoms with Crippen molar-refractivity contribution in [3.63, 3.8) is 0 Å². The summed E-state index contributed by atoms with van der Waals surface area (Å²) < 4.78 is 8.10. The van der Waals surface area contributed by atoms with Crippen molar-refractivity contribution in [2.45, 2.75) is 50.5 Å². The second-order valence-electron chi connectivity index (χ2n) is 8.74. The van der Waals surface area contributed by atoms with Gasteiger partial charge in [-0.05, 0) is 63.0 Å². The molecule has 32 heavy (non-hydrogen) atoms. The summed E-state index contributed by atoms with van der Waals surface area (Å²) in [5.41, 5.74) is 1.08. The van der Waals surface area contributed by atoms with Gasteiger partial charge in [0.15, 0.2) is 0 Å². The molecule has 1 aliphatic carbocycles. The van der Waals surface area contributed by atoms with E-state index in [2.05, 4.69) is 20.1 Å². The number of hydrogen-bond donors (Lipinski definition) is 1. The highest BCUT2D eigenvalue weighted by atomic mass is 16.5. The van der Waals surface area contributed by atoms with Gasteiger partial charge in [0.05, 0.1) is 19.2 Å². The minimum Gasteiger partial charge on any atom is -0.465 e. The molecule has 0 unspecified atom stereocenters. The lowest BCUT2D eigenvalue weighted by atomic mass is 9.95. The van der Waals surface area contributed by atoms with E-state index < -0.39 is 5.97 Å². The molecule has 2 fully saturated rings. The van der Waals surface area contributed by atoms with Gasteiger partial charge < -0.3 is 10.1 Å². The molecule has 1 amide bonds. The predicted octanol–water partition coefficient (Wildman–Crippen LogP) is 2.30. The second kappa shape index (κ2) is 9.68. The van der Waals surface area contributed by atoms with Crippen molar-refractivity contribution in [1.82, 2.24) is 19.2 Å². The van der Waals surface area contributed by atoms with Crippen molar-refractivity contribution in [2.24, 2.45) is 7.05 Å². The Kier molecular flexibility index (Phi) is 6.74. The summed E-state index contributed by atoms with van der Waals surface area (Å²) in [6, 6.07) is 6.92. The average Bonchev–Trinajstić information content (AvgIpc) is 3.42. The standard InChI is InChI=1S/C23H31N5O4/c1-26-23(31)28(19-5-3-4-6-19)21(25-26)16-11-13-27(14-12-16)15-20(29)24-18-9-7-17(8-10-18)22(30)32-2/h7-10,16,19H,3-6,11-15H2,1-2H3,(H,24,29). The Morgan fingerprint density at radius 1 is 1.09 bits per heavy atom. The van der Waals surface area contributed by atoms with Crippen LogP contribution >= 0.6 is 0 Å². The first-order valence-corrected chi connectivity index (χ1v) is 11.3. The van der Waals surface area contributed by atoms with Crippen molar-refractivity contribution in [3.8, 4) is 0 Å². The summed E-state index contributed by atoms with van der Waals surface area (Å²) >= 11 is 0. The molecule has 1 saturated heterocycles. The van der Waals surface area contributed by atoms with Gasteiger partial charge in [-0.25, -0.2) is 14.3 Å². The Balaban J connectivity index is 1.32. The number of nitrogens with one attached hydrogen (secondary N) is 1. The van der Waals surface area contributed by atoms with Gasteiger partial charge in [0.1, 0.15) is 5.82 Å². The Bertz CT molecular complexity index is 1010. The van der Waals surface area contributed by atoms with Crippen molar-refractivity contribution < 1.29 is 14.3 Å². The second-order valence-corrected chi connectivity index (χ2v) is 8.74. The van der Waals surface area contributed by atoms with Gasteiger partial charge in [0, 0.05) is 24.7 Å². The SMILES string of the molecule is COC(=O)c1ccc(NC(=O)CN2CCC(c3nn(C)c(=O)n3C3CCCC3)CC2)cc1. The number of rotatable bonds is 6. The number of amides is 1. The van der Waals surface area contributed by atoms with Crippen molar-refractivity contribution in [3.05, 3.63) is 46.1 Å². The van der Waals surface area contributed by atoms with E-state index in [9.17, 15) is 14.4 Å². The van der Waals surface area contributed by atoms with Crippen LogP contribution in [0.25, 0.3) is 0 Å². The van der Waals surface area contributed by atoms with Crippen LogP contribution in [0.5, 0.6) is 0 Å². The third-order valence-corrected chi connectivity index (χ3v) is 6.58. The van der Waals surface area contributed by atoms with E-state index in [0.717, 1.165) is 44.6 Å². The summed E-state index contributed by atoms with van der Waals surface area (Å²) in [6.45, 7) is 1.88. The highest BCUT2D eigenvalue weighted by Crippen LogP contribution is 2.33. The third-order valence-electron chi connectivity index (χ3n) is 6.58. The maximum absolute atomic E-state index is 12.7. The summed E-state index contributed by atoms with van der Waals surface area (Å²) in [7, 11) is 3.07. The molecule has 0 bridgehead atoms. The molecular weight excluding hydrogens is 410 g/mol. The van der Waals surface area contributed by atoms with Gasteiger partial charge in [-0.2, -0.15) is 5.10 Å². The van der Waals surface area contributed by atoms with Gasteiger partial charge in [0.2, 0.25) is 5.91 Å². The molecule has 0 radical (unpaired) electrons. The first-order chi connectivity index (χ1) is 15.5. The number of aromatic nitrogens is 3. The van der Waals surface area contributed by atoms with E-state index in [-0.39, 0.29) is 23.6 Å². The Labute approximate surface area is 187 Å². The van der Waals surface area contributed by atoms with Crippen LogP contribution in [0, 0.1) is 0 Å². The number of aryl methyl sites for hydroxylation is 1. The molecule has 1 N–H and O–H groups in total. The molecule has 0 atom stereocenters. The fourth-order valence-electron chi connectivity index (χ4n) is 4.84. The average molecular weight is 442 g/mol. The number of methoxy groups -OCH3 is 1. The van der Waals surface area contributed by atoms with E-state index in [1.54, 1.807) is 31.3 Å². The molecule has 9 heteroatoms. The van der Waals surface area contributed by atoms with E-state index in [4.69, 9.17) is 0 Å². The molecule has 0 spiro atoms. The minimum absolute atomic E-state index is 0.00748. The zero-order valence-electron chi connectivity index (χ0n) is 18.7. The number of carbonyl (C=O) groups is 2. The van der Waals surface area contributed by atoms with Crippen LogP contribution in [0.1, 0.15) is 66.7 Å². The first kappa shape index (κ1) is 22.3. The molecule has 2 aromatic rings. The quantitative estimate of drug-likeness (QED) is 0.691. The summed E-state index contributed by atoms with van der Waals surface area (Å²) in [6.07, 6.45) is 6.21. The van der Waals surface area contributed by atoms with Gasteiger partial charge >= 0.3 is 11.7 Å². The van der Waals surface area contributed by atoms with E-state index in [1.165, 1.54) is 24.6 Å². The number of hydrogen-bond acceptors (Lipinski definition) is 6. The lowest BCUT2D eigenvalue weighted by Crippen LogP contribution is -2.39. The Hall–Kier alpha value is -2.94. The summed E-state index contributed by atoms with van der Waals surface area (Å²) in [4.78, 5) is 38.8.